The van der Waals surface area contributed by atoms with Gasteiger partial charge in [-0.25, -0.2) is 0 Å². The Morgan fingerprint density at radius 2 is 0.537 bits per heavy atom. The van der Waals surface area contributed by atoms with E-state index in [9.17, 15) is 0 Å². The van der Waals surface area contributed by atoms with Crippen LogP contribution in [0.2, 0.25) is 0 Å². The summed E-state index contributed by atoms with van der Waals surface area (Å²) in [4.78, 5) is 0. The number of thiophene rings is 2. The molecular weight excluding hydrogens is 1000 g/mol. The monoisotopic (exact) mass is 1050 g/mol. The molecule has 2 heteroatoms. The summed E-state index contributed by atoms with van der Waals surface area (Å²) in [6.45, 7) is 0. The molecule has 0 radical (unpaired) electrons. The van der Waals surface area contributed by atoms with Gasteiger partial charge in [0.1, 0.15) is 0 Å². The lowest BCUT2D eigenvalue weighted by Crippen LogP contribution is -1.91. The Bertz CT molecular complexity index is 5190. The predicted octanol–water partition coefficient (Wildman–Crippen LogP) is 23.4. The molecule has 0 unspecified atom stereocenters. The largest absolute Gasteiger partial charge is 0.135 e. The van der Waals surface area contributed by atoms with Gasteiger partial charge in [0.25, 0.3) is 0 Å². The van der Waals surface area contributed by atoms with Crippen molar-refractivity contribution in [1.29, 1.82) is 0 Å². The number of rotatable bonds is 5. The first-order chi connectivity index (χ1) is 39.7. The smallest absolute Gasteiger partial charge is 0.0434 e. The molecule has 0 N–H and O–H groups in total. The second kappa shape index (κ2) is 19.0. The predicted molar refractivity (Wildman–Crippen MR) is 351 cm³/mol. The highest BCUT2D eigenvalue weighted by Crippen LogP contribution is 2.49. The van der Waals surface area contributed by atoms with Gasteiger partial charge in [0.05, 0.1) is 0 Å². The maximum Gasteiger partial charge on any atom is 0.0434 e. The summed E-state index contributed by atoms with van der Waals surface area (Å²) in [5.41, 5.74) is 12.8. The van der Waals surface area contributed by atoms with Gasteiger partial charge in [0.2, 0.25) is 0 Å². The normalized spacial score (nSPS) is 11.8. The molecule has 0 aliphatic carbocycles. The van der Waals surface area contributed by atoms with Gasteiger partial charge < -0.3 is 0 Å². The van der Waals surface area contributed by atoms with E-state index in [1.165, 1.54) is 161 Å². The van der Waals surface area contributed by atoms with Crippen molar-refractivity contribution in [3.63, 3.8) is 0 Å². The van der Waals surface area contributed by atoms with Crippen molar-refractivity contribution in [2.24, 2.45) is 0 Å². The maximum absolute atomic E-state index is 2.40. The average molecular weight is 1050 g/mol. The second-order valence-electron chi connectivity index (χ2n) is 21.0. The Balaban J connectivity index is 0.000000134. The van der Waals surface area contributed by atoms with Gasteiger partial charge in [-0.1, -0.05) is 249 Å². The first-order valence-corrected chi connectivity index (χ1v) is 29.1. The van der Waals surface area contributed by atoms with Gasteiger partial charge in [-0.15, -0.1) is 22.7 Å². The third-order valence-electron chi connectivity index (χ3n) is 16.5. The van der Waals surface area contributed by atoms with Crippen LogP contribution >= 0.6 is 22.7 Å². The van der Waals surface area contributed by atoms with E-state index in [1.807, 2.05) is 22.7 Å². The highest BCUT2D eigenvalue weighted by Gasteiger charge is 2.21. The molecule has 0 bridgehead atoms. The van der Waals surface area contributed by atoms with E-state index >= 15 is 0 Å². The molecule has 0 saturated carbocycles. The summed E-state index contributed by atoms with van der Waals surface area (Å²) in [5, 5.41) is 20.7. The first-order valence-electron chi connectivity index (χ1n) is 27.5. The number of benzene rings is 15. The van der Waals surface area contributed by atoms with Crippen LogP contribution in [0.5, 0.6) is 0 Å². The van der Waals surface area contributed by atoms with E-state index in [0.717, 1.165) is 0 Å². The molecule has 15 aromatic carbocycles. The third kappa shape index (κ3) is 7.63. The van der Waals surface area contributed by atoms with Crippen LogP contribution in [0.3, 0.4) is 0 Å². The highest BCUT2D eigenvalue weighted by molar-refractivity contribution is 7.26. The lowest BCUT2D eigenvalue weighted by Gasteiger charge is -2.18. The van der Waals surface area contributed by atoms with Crippen LogP contribution in [0.1, 0.15) is 0 Å². The Labute approximate surface area is 471 Å². The van der Waals surface area contributed by atoms with E-state index in [4.69, 9.17) is 0 Å². The van der Waals surface area contributed by atoms with Crippen molar-refractivity contribution < 1.29 is 0 Å². The topological polar surface area (TPSA) is 0 Å². The molecule has 0 nitrogen and oxygen atoms in total. The van der Waals surface area contributed by atoms with Gasteiger partial charge in [0, 0.05) is 45.9 Å². The molecule has 2 aromatic heterocycles. The summed E-state index contributed by atoms with van der Waals surface area (Å²) >= 11 is 3.78. The van der Waals surface area contributed by atoms with Crippen molar-refractivity contribution in [2.45, 2.75) is 0 Å². The lowest BCUT2D eigenvalue weighted by molar-refractivity contribution is 1.64. The summed E-state index contributed by atoms with van der Waals surface area (Å²) in [5.74, 6) is 0. The number of hydrogen-bond acceptors (Lipinski definition) is 2. The minimum absolute atomic E-state index is 1.25. The van der Waals surface area contributed by atoms with Gasteiger partial charge in [-0.2, -0.15) is 0 Å². The average Bonchev–Trinajstić information content (AvgIpc) is 4.15. The Morgan fingerprint density at radius 3 is 1.10 bits per heavy atom. The first kappa shape index (κ1) is 46.4. The maximum atomic E-state index is 2.40. The molecule has 17 aromatic rings. The summed E-state index contributed by atoms with van der Waals surface area (Å²) < 4.78 is 5.37. The molecule has 0 saturated heterocycles. The van der Waals surface area contributed by atoms with Crippen LogP contribution in [0, 0.1) is 0 Å². The van der Waals surface area contributed by atoms with Gasteiger partial charge in [-0.3, -0.25) is 0 Å². The van der Waals surface area contributed by atoms with E-state index in [2.05, 4.69) is 291 Å². The van der Waals surface area contributed by atoms with Crippen molar-refractivity contribution >= 4 is 128 Å². The molecule has 0 spiro atoms. The summed E-state index contributed by atoms with van der Waals surface area (Å²) in [6.07, 6.45) is 0. The number of hydrogen-bond donors (Lipinski definition) is 0. The lowest BCUT2D eigenvalue weighted by atomic mass is 9.85. The van der Waals surface area contributed by atoms with Crippen LogP contribution in [0.15, 0.2) is 291 Å². The molecule has 0 aliphatic heterocycles. The van der Waals surface area contributed by atoms with Crippen LogP contribution < -0.4 is 0 Å². The molecule has 0 aliphatic rings. The SMILES string of the molecule is c1ccc(-c2ccc3cc(-c4c5ccccc5c(-c5cccc6c5sc5ccccc56)c5ccccc45)ccc3c2)cc1.c1ccc2cc(-c3c4ccccc4c(-c4ccc5sc6ccccc6c5c4)c4ccccc34)ccc2c1. The van der Waals surface area contributed by atoms with Crippen LogP contribution in [-0.2, 0) is 0 Å². The zero-order valence-corrected chi connectivity index (χ0v) is 45.2. The van der Waals surface area contributed by atoms with Crippen LogP contribution in [0.25, 0.3) is 161 Å². The van der Waals surface area contributed by atoms with Crippen molar-refractivity contribution in [3.8, 4) is 55.6 Å². The molecule has 80 heavy (non-hydrogen) atoms. The Kier molecular flexibility index (Phi) is 11.0. The van der Waals surface area contributed by atoms with Gasteiger partial charge in [-0.05, 0) is 157 Å². The second-order valence-corrected chi connectivity index (χ2v) is 23.1. The van der Waals surface area contributed by atoms with Crippen molar-refractivity contribution in [2.75, 3.05) is 0 Å². The van der Waals surface area contributed by atoms with E-state index in [1.54, 1.807) is 0 Å². The van der Waals surface area contributed by atoms with Gasteiger partial charge >= 0.3 is 0 Å². The van der Waals surface area contributed by atoms with Crippen molar-refractivity contribution in [3.05, 3.63) is 291 Å². The highest BCUT2D eigenvalue weighted by atomic mass is 32.1. The quantitative estimate of drug-likeness (QED) is 0.151. The third-order valence-corrected chi connectivity index (χ3v) is 18.8. The van der Waals surface area contributed by atoms with Crippen LogP contribution in [-0.4, -0.2) is 0 Å². The van der Waals surface area contributed by atoms with Crippen LogP contribution in [0.4, 0.5) is 0 Å². The standard InChI is InChI=1S/C42H26S.C36H22S/c1-2-11-27(12-3-1)28-21-22-30-26-31(24-23-29(30)25-28)40-33-14-4-6-16-35(33)41(36-17-7-5-15-34(36)40)38-19-10-18-37-32-13-8-9-20-39(32)43-42(37)38;1-2-10-24-21-25(18-17-23(24)9-1)35-28-12-3-5-14-30(28)36(31-15-6-4-13-29(31)35)26-19-20-34-32(22-26)27-11-7-8-16-33(27)37-34/h1-26H;1-22H. The fourth-order valence-electron chi connectivity index (χ4n) is 12.9. The van der Waals surface area contributed by atoms with E-state index < -0.39 is 0 Å². The Morgan fingerprint density at radius 1 is 0.175 bits per heavy atom. The zero-order valence-electron chi connectivity index (χ0n) is 43.5. The molecule has 17 rings (SSSR count). The fourth-order valence-corrected chi connectivity index (χ4v) is 15.2. The van der Waals surface area contributed by atoms with Gasteiger partial charge in [0.15, 0.2) is 0 Å². The Hall–Kier alpha value is -9.70. The minimum Gasteiger partial charge on any atom is -0.135 e. The molecule has 0 atom stereocenters. The van der Waals surface area contributed by atoms with Crippen molar-refractivity contribution in [1.82, 2.24) is 0 Å². The molecule has 2 heterocycles. The number of fused-ring (bicyclic) bond motifs is 12. The minimum atomic E-state index is 1.25. The zero-order chi connectivity index (χ0) is 52.7. The fraction of sp³-hybridized carbons (Fsp3) is 0. The van der Waals surface area contributed by atoms with E-state index in [0.29, 0.717) is 0 Å². The molecular formula is C78H48S2. The molecule has 372 valence electrons. The summed E-state index contributed by atoms with van der Waals surface area (Å²) in [6, 6.07) is 107. The molecule has 0 amide bonds. The van der Waals surface area contributed by atoms with E-state index in [-0.39, 0.29) is 0 Å². The molecule has 0 fully saturated rings. The summed E-state index contributed by atoms with van der Waals surface area (Å²) in [7, 11) is 0.